The molecule has 2 aliphatic rings. The first kappa shape index (κ1) is 22.5. The molecule has 174 valence electrons. The molecule has 4 nitrogen and oxygen atoms in total. The third-order valence-corrected chi connectivity index (χ3v) is 8.28. The number of carbonyl (C=O) groups excluding carboxylic acids is 1. The van der Waals surface area contributed by atoms with E-state index >= 15 is 0 Å². The van der Waals surface area contributed by atoms with Gasteiger partial charge in [-0.05, 0) is 69.8 Å². The molecule has 3 aromatic rings. The minimum atomic E-state index is 0.265. The number of aromatic nitrogens is 2. The van der Waals surface area contributed by atoms with E-state index in [-0.39, 0.29) is 5.78 Å². The lowest BCUT2D eigenvalue weighted by Gasteiger charge is -2.31. The Morgan fingerprint density at radius 1 is 1.18 bits per heavy atom. The van der Waals surface area contributed by atoms with Crippen LogP contribution in [0.4, 0.5) is 0 Å². The van der Waals surface area contributed by atoms with Crippen LogP contribution in [0.1, 0.15) is 77.8 Å². The molecule has 0 atom stereocenters. The Labute approximate surface area is 201 Å². The molecule has 1 saturated heterocycles. The fourth-order valence-corrected chi connectivity index (χ4v) is 6.49. The summed E-state index contributed by atoms with van der Waals surface area (Å²) < 4.78 is 2.29. The smallest absolute Gasteiger partial charge is 0.165 e. The van der Waals surface area contributed by atoms with Gasteiger partial charge in [0.1, 0.15) is 0 Å². The SMILES string of the molecule is CC(C)CC(=O)c1cn(CCCN2CCC(c3nc4c(s3)C=CCC4)CC2)c2ccccc12. The van der Waals surface area contributed by atoms with Crippen LogP contribution < -0.4 is 0 Å². The summed E-state index contributed by atoms with van der Waals surface area (Å²) in [5, 5.41) is 2.47. The van der Waals surface area contributed by atoms with Crippen LogP contribution in [0.3, 0.4) is 0 Å². The summed E-state index contributed by atoms with van der Waals surface area (Å²) in [6.45, 7) is 8.62. The highest BCUT2D eigenvalue weighted by Crippen LogP contribution is 2.35. The molecule has 0 bridgehead atoms. The number of benzene rings is 1. The van der Waals surface area contributed by atoms with Crippen LogP contribution in [0.15, 0.2) is 36.5 Å². The normalized spacial score (nSPS) is 17.2. The molecule has 0 spiro atoms. The van der Waals surface area contributed by atoms with Crippen molar-refractivity contribution in [3.8, 4) is 0 Å². The van der Waals surface area contributed by atoms with Crippen molar-refractivity contribution in [1.82, 2.24) is 14.5 Å². The van der Waals surface area contributed by atoms with Crippen LogP contribution in [-0.2, 0) is 13.0 Å². The molecule has 1 aliphatic carbocycles. The number of hydrogen-bond donors (Lipinski definition) is 0. The number of thiazole rings is 1. The summed E-state index contributed by atoms with van der Waals surface area (Å²) in [4.78, 5) is 21.8. The van der Waals surface area contributed by atoms with Crippen molar-refractivity contribution < 1.29 is 4.79 Å². The molecule has 0 N–H and O–H groups in total. The van der Waals surface area contributed by atoms with Crippen molar-refractivity contribution in [3.05, 3.63) is 57.7 Å². The van der Waals surface area contributed by atoms with Gasteiger partial charge in [-0.25, -0.2) is 4.98 Å². The van der Waals surface area contributed by atoms with Gasteiger partial charge in [0.15, 0.2) is 5.78 Å². The first-order chi connectivity index (χ1) is 16.1. The third kappa shape index (κ3) is 4.99. The van der Waals surface area contributed by atoms with E-state index in [1.807, 2.05) is 17.4 Å². The lowest BCUT2D eigenvalue weighted by molar-refractivity contribution is 0.0969. The summed E-state index contributed by atoms with van der Waals surface area (Å²) in [6.07, 6.45) is 13.1. The molecular formula is C28H35N3OS. The number of fused-ring (bicyclic) bond motifs is 2. The lowest BCUT2D eigenvalue weighted by atomic mass is 9.97. The van der Waals surface area contributed by atoms with Crippen molar-refractivity contribution in [1.29, 1.82) is 0 Å². The summed E-state index contributed by atoms with van der Waals surface area (Å²) in [5.74, 6) is 1.28. The van der Waals surface area contributed by atoms with Crippen molar-refractivity contribution in [2.24, 2.45) is 5.92 Å². The summed E-state index contributed by atoms with van der Waals surface area (Å²) in [6, 6.07) is 8.36. The predicted octanol–water partition coefficient (Wildman–Crippen LogP) is 6.56. The van der Waals surface area contributed by atoms with Gasteiger partial charge in [-0.15, -0.1) is 11.3 Å². The zero-order valence-electron chi connectivity index (χ0n) is 19.9. The molecular weight excluding hydrogens is 426 g/mol. The number of piperidine rings is 1. The Morgan fingerprint density at radius 2 is 2.00 bits per heavy atom. The number of allylic oxidation sites excluding steroid dienone is 1. The molecule has 0 unspecified atom stereocenters. The van der Waals surface area contributed by atoms with Gasteiger partial charge >= 0.3 is 0 Å². The average molecular weight is 462 g/mol. The van der Waals surface area contributed by atoms with E-state index in [0.717, 1.165) is 56.4 Å². The van der Waals surface area contributed by atoms with Crippen LogP contribution >= 0.6 is 11.3 Å². The molecule has 5 rings (SSSR count). The highest BCUT2D eigenvalue weighted by molar-refractivity contribution is 7.12. The van der Waals surface area contributed by atoms with E-state index in [1.165, 1.54) is 33.9 Å². The number of ketones is 1. The number of hydrogen-bond acceptors (Lipinski definition) is 4. The quantitative estimate of drug-likeness (QED) is 0.357. The monoisotopic (exact) mass is 461 g/mol. The second-order valence-corrected chi connectivity index (χ2v) is 11.1. The van der Waals surface area contributed by atoms with Gasteiger partial charge in [0.25, 0.3) is 0 Å². The zero-order chi connectivity index (χ0) is 22.8. The van der Waals surface area contributed by atoms with Crippen molar-refractivity contribution >= 4 is 34.1 Å². The zero-order valence-corrected chi connectivity index (χ0v) is 20.7. The third-order valence-electron chi connectivity index (χ3n) is 7.05. The van der Waals surface area contributed by atoms with Gasteiger partial charge in [-0.2, -0.15) is 0 Å². The Hall–Kier alpha value is -2.24. The summed E-state index contributed by atoms with van der Waals surface area (Å²) in [5.41, 5.74) is 3.40. The standard InChI is InChI=1S/C28H35N3OS/c1-20(2)18-26(32)23-19-31(25-10-5-3-8-22(23)25)15-7-14-30-16-12-21(13-17-30)28-29-24-9-4-6-11-27(24)33-28/h3,5-6,8,10-11,19-21H,4,7,9,12-18H2,1-2H3. The predicted molar refractivity (Wildman–Crippen MR) is 138 cm³/mol. The second kappa shape index (κ2) is 9.94. The van der Waals surface area contributed by atoms with E-state index in [2.05, 4.69) is 59.9 Å². The van der Waals surface area contributed by atoms with Crippen LogP contribution in [0, 0.1) is 5.92 Å². The van der Waals surface area contributed by atoms with E-state index < -0.39 is 0 Å². The maximum absolute atomic E-state index is 12.8. The van der Waals surface area contributed by atoms with Crippen LogP contribution in [0.5, 0.6) is 0 Å². The number of likely N-dealkylation sites (tertiary alicyclic amines) is 1. The van der Waals surface area contributed by atoms with Crippen molar-refractivity contribution in [3.63, 3.8) is 0 Å². The van der Waals surface area contributed by atoms with Gasteiger partial charge in [-0.1, -0.05) is 38.1 Å². The van der Waals surface area contributed by atoms with Crippen molar-refractivity contribution in [2.45, 2.75) is 64.8 Å². The molecule has 3 heterocycles. The molecule has 1 aromatic carbocycles. The first-order valence-electron chi connectivity index (χ1n) is 12.6. The summed E-state index contributed by atoms with van der Waals surface area (Å²) in [7, 11) is 0. The number of aryl methyl sites for hydroxylation is 2. The summed E-state index contributed by atoms with van der Waals surface area (Å²) >= 11 is 1.92. The number of nitrogens with zero attached hydrogens (tertiary/aromatic N) is 3. The maximum Gasteiger partial charge on any atom is 0.165 e. The number of rotatable bonds is 8. The highest BCUT2D eigenvalue weighted by atomic mass is 32.1. The van der Waals surface area contributed by atoms with Crippen LogP contribution in [0.2, 0.25) is 0 Å². The Morgan fingerprint density at radius 3 is 2.79 bits per heavy atom. The maximum atomic E-state index is 12.8. The first-order valence-corrected chi connectivity index (χ1v) is 13.4. The van der Waals surface area contributed by atoms with Gasteiger partial charge in [0.2, 0.25) is 0 Å². The Bertz CT molecular complexity index is 1150. The molecule has 0 radical (unpaired) electrons. The van der Waals surface area contributed by atoms with E-state index in [4.69, 9.17) is 4.98 Å². The van der Waals surface area contributed by atoms with Crippen molar-refractivity contribution in [2.75, 3.05) is 19.6 Å². The fraction of sp³-hybridized carbons (Fsp3) is 0.500. The van der Waals surface area contributed by atoms with Crippen LogP contribution in [-0.4, -0.2) is 39.9 Å². The average Bonchev–Trinajstić information content (AvgIpc) is 3.41. The molecule has 1 aliphatic heterocycles. The molecule has 1 fully saturated rings. The fourth-order valence-electron chi connectivity index (χ4n) is 5.28. The Kier molecular flexibility index (Phi) is 6.79. The van der Waals surface area contributed by atoms with E-state index in [9.17, 15) is 4.79 Å². The molecule has 0 saturated carbocycles. The number of carbonyl (C=O) groups is 1. The molecule has 2 aromatic heterocycles. The van der Waals surface area contributed by atoms with Gasteiger partial charge < -0.3 is 9.47 Å². The van der Waals surface area contributed by atoms with E-state index in [1.54, 1.807) is 0 Å². The number of para-hydroxylation sites is 1. The minimum Gasteiger partial charge on any atom is -0.347 e. The molecule has 33 heavy (non-hydrogen) atoms. The Balaban J connectivity index is 1.16. The minimum absolute atomic E-state index is 0.265. The number of Topliss-reactive ketones (excluding diaryl/α,β-unsaturated/α-hetero) is 1. The van der Waals surface area contributed by atoms with Gasteiger partial charge in [-0.3, -0.25) is 4.79 Å². The molecule has 0 amide bonds. The molecule has 5 heteroatoms. The lowest BCUT2D eigenvalue weighted by Crippen LogP contribution is -2.34. The van der Waals surface area contributed by atoms with E-state index in [0.29, 0.717) is 18.3 Å². The topological polar surface area (TPSA) is 38.1 Å². The van der Waals surface area contributed by atoms with Gasteiger partial charge in [0.05, 0.1) is 15.6 Å². The van der Waals surface area contributed by atoms with Crippen LogP contribution in [0.25, 0.3) is 17.0 Å². The van der Waals surface area contributed by atoms with Gasteiger partial charge in [0, 0.05) is 41.5 Å². The largest absolute Gasteiger partial charge is 0.347 e. The highest BCUT2D eigenvalue weighted by Gasteiger charge is 2.24. The second-order valence-electron chi connectivity index (χ2n) is 10.0.